The van der Waals surface area contributed by atoms with Crippen LogP contribution in [0.4, 0.5) is 5.69 Å². The molecule has 0 aliphatic rings. The van der Waals surface area contributed by atoms with Crippen LogP contribution >= 0.6 is 0 Å². The molecule has 0 aromatic heterocycles. The van der Waals surface area contributed by atoms with Crippen molar-refractivity contribution in [1.29, 1.82) is 0 Å². The first-order valence-electron chi connectivity index (χ1n) is 14.4. The quantitative estimate of drug-likeness (QED) is 0.182. The third-order valence-corrected chi connectivity index (χ3v) is 14.1. The van der Waals surface area contributed by atoms with E-state index >= 15 is 0 Å². The van der Waals surface area contributed by atoms with Gasteiger partial charge in [0, 0.05) is 24.6 Å². The molecule has 0 saturated carbocycles. The molecule has 2 aromatic carbocycles. The molecule has 1 amide bonds. The standard InChI is InChI=1S/C32H48N2O6SSi/c1-10-25(31(36)37)21-29(40-42(8,9)32(4,5)6)28(19-23(2)3)33-30(35)26-17-14-18-27(20-26)34(7)41(38,39)22-24-15-12-11-13-16-24/h10-18,20,23,28-29H,19,21-22H2,1-9H3,(H,33,35)(H,36,37)/b25-10-/t28-,29-/m0/s1. The smallest absolute Gasteiger partial charge is 0.331 e. The van der Waals surface area contributed by atoms with Crippen molar-refractivity contribution < 1.29 is 27.5 Å². The van der Waals surface area contributed by atoms with Crippen LogP contribution in [0, 0.1) is 5.92 Å². The number of rotatable bonds is 14. The highest BCUT2D eigenvalue weighted by molar-refractivity contribution is 7.92. The Kier molecular flexibility index (Phi) is 12.2. The lowest BCUT2D eigenvalue weighted by Crippen LogP contribution is -2.52. The van der Waals surface area contributed by atoms with Gasteiger partial charge in [0.05, 0.1) is 23.6 Å². The maximum Gasteiger partial charge on any atom is 0.331 e. The van der Waals surface area contributed by atoms with Gasteiger partial charge in [0.25, 0.3) is 5.91 Å². The van der Waals surface area contributed by atoms with E-state index in [-0.39, 0.29) is 34.6 Å². The predicted octanol–water partition coefficient (Wildman–Crippen LogP) is 6.61. The van der Waals surface area contributed by atoms with Crippen molar-refractivity contribution in [3.05, 3.63) is 77.4 Å². The fourth-order valence-electron chi connectivity index (χ4n) is 4.32. The number of carboxylic acid groups (broad SMARTS) is 1. The molecule has 2 rings (SSSR count). The van der Waals surface area contributed by atoms with Crippen LogP contribution in [0.1, 0.15) is 70.3 Å². The number of hydrogen-bond donors (Lipinski definition) is 2. The number of anilines is 1. The Morgan fingerprint density at radius 2 is 1.69 bits per heavy atom. The lowest BCUT2D eigenvalue weighted by molar-refractivity contribution is -0.133. The van der Waals surface area contributed by atoms with E-state index < -0.39 is 36.5 Å². The second kappa shape index (κ2) is 14.5. The molecule has 8 nitrogen and oxygen atoms in total. The molecule has 0 aliphatic carbocycles. The zero-order valence-corrected chi connectivity index (χ0v) is 28.3. The van der Waals surface area contributed by atoms with Gasteiger partial charge in [0.1, 0.15) is 0 Å². The number of nitrogens with one attached hydrogen (secondary N) is 1. The molecule has 232 valence electrons. The van der Waals surface area contributed by atoms with Crippen molar-refractivity contribution in [3.63, 3.8) is 0 Å². The van der Waals surface area contributed by atoms with Gasteiger partial charge in [-0.15, -0.1) is 0 Å². The number of carbonyl (C=O) groups excluding carboxylic acids is 1. The number of benzene rings is 2. The minimum absolute atomic E-state index is 0.124. The largest absolute Gasteiger partial charge is 0.478 e. The summed E-state index contributed by atoms with van der Waals surface area (Å²) in [7, 11) is -4.57. The minimum Gasteiger partial charge on any atom is -0.478 e. The SMILES string of the molecule is C/C=C(/C[C@H](O[Si](C)(C)C(C)(C)C)[C@H](CC(C)C)NC(=O)c1cccc(N(C)S(=O)(=O)Cc2ccccc2)c1)C(=O)O. The highest BCUT2D eigenvalue weighted by atomic mass is 32.2. The number of aliphatic carboxylic acids is 1. The van der Waals surface area contributed by atoms with Gasteiger partial charge in [-0.25, -0.2) is 13.2 Å². The lowest BCUT2D eigenvalue weighted by atomic mass is 9.94. The summed E-state index contributed by atoms with van der Waals surface area (Å²) in [6.45, 7) is 16.4. The third-order valence-electron chi connectivity index (χ3n) is 7.87. The lowest BCUT2D eigenvalue weighted by Gasteiger charge is -2.42. The molecule has 0 spiro atoms. The van der Waals surface area contributed by atoms with Gasteiger partial charge in [-0.1, -0.05) is 77.1 Å². The van der Waals surface area contributed by atoms with Crippen LogP contribution in [0.2, 0.25) is 18.1 Å². The average molecular weight is 617 g/mol. The van der Waals surface area contributed by atoms with Crippen LogP contribution in [-0.4, -0.2) is 52.9 Å². The molecule has 10 heteroatoms. The predicted molar refractivity (Wildman–Crippen MR) is 173 cm³/mol. The molecular weight excluding hydrogens is 569 g/mol. The molecule has 2 aromatic rings. The average Bonchev–Trinajstić information content (AvgIpc) is 2.89. The molecule has 0 aliphatic heterocycles. The summed E-state index contributed by atoms with van der Waals surface area (Å²) in [6.07, 6.45) is 1.74. The molecule has 0 heterocycles. The Bertz CT molecular complexity index is 1350. The van der Waals surface area contributed by atoms with Gasteiger partial charge in [-0.05, 0) is 61.2 Å². The topological polar surface area (TPSA) is 113 Å². The third kappa shape index (κ3) is 9.81. The fourth-order valence-corrected chi connectivity index (χ4v) is 6.92. The number of sulfonamides is 1. The van der Waals surface area contributed by atoms with Gasteiger partial charge in [0.15, 0.2) is 8.32 Å². The number of carboxylic acids is 1. The minimum atomic E-state index is -3.70. The molecule has 2 atom stereocenters. The highest BCUT2D eigenvalue weighted by Crippen LogP contribution is 2.39. The highest BCUT2D eigenvalue weighted by Gasteiger charge is 2.41. The summed E-state index contributed by atoms with van der Waals surface area (Å²) in [6, 6.07) is 15.0. The first kappa shape index (κ1) is 35.2. The Morgan fingerprint density at radius 3 is 2.21 bits per heavy atom. The van der Waals surface area contributed by atoms with E-state index in [2.05, 4.69) is 39.2 Å². The number of carbonyl (C=O) groups is 2. The van der Waals surface area contributed by atoms with Gasteiger partial charge in [-0.2, -0.15) is 0 Å². The van der Waals surface area contributed by atoms with Gasteiger partial charge in [-0.3, -0.25) is 9.10 Å². The normalized spacial score (nSPS) is 14.4. The maximum absolute atomic E-state index is 13.7. The van der Waals surface area contributed by atoms with Crippen LogP contribution in [0.15, 0.2) is 66.2 Å². The fraction of sp³-hybridized carbons (Fsp3) is 0.500. The summed E-state index contributed by atoms with van der Waals surface area (Å²) in [4.78, 5) is 25.6. The van der Waals surface area contributed by atoms with Crippen LogP contribution in [0.3, 0.4) is 0 Å². The van der Waals surface area contributed by atoms with Crippen molar-refractivity contribution in [3.8, 4) is 0 Å². The Hall–Kier alpha value is -2.95. The molecular formula is C32H48N2O6SSi. The van der Waals surface area contributed by atoms with Crippen molar-refractivity contribution in [1.82, 2.24) is 5.32 Å². The summed E-state index contributed by atoms with van der Waals surface area (Å²) in [5.41, 5.74) is 1.58. The van der Waals surface area contributed by atoms with Gasteiger partial charge < -0.3 is 14.8 Å². The number of hydrogen-bond acceptors (Lipinski definition) is 5. The number of nitrogens with zero attached hydrogens (tertiary/aromatic N) is 1. The maximum atomic E-state index is 13.7. The van der Waals surface area contributed by atoms with E-state index in [1.165, 1.54) is 11.4 Å². The van der Waals surface area contributed by atoms with E-state index in [1.807, 2.05) is 19.9 Å². The van der Waals surface area contributed by atoms with E-state index in [9.17, 15) is 23.1 Å². The second-order valence-corrected chi connectivity index (χ2v) is 19.5. The van der Waals surface area contributed by atoms with Crippen molar-refractivity contribution in [2.24, 2.45) is 5.92 Å². The van der Waals surface area contributed by atoms with E-state index in [4.69, 9.17) is 4.43 Å². The van der Waals surface area contributed by atoms with Crippen LogP contribution in [0.5, 0.6) is 0 Å². The van der Waals surface area contributed by atoms with Gasteiger partial charge >= 0.3 is 5.97 Å². The summed E-state index contributed by atoms with van der Waals surface area (Å²) >= 11 is 0. The summed E-state index contributed by atoms with van der Waals surface area (Å²) in [5, 5.41) is 12.8. The van der Waals surface area contributed by atoms with E-state index in [0.29, 0.717) is 23.2 Å². The Balaban J connectivity index is 2.40. The first-order valence-corrected chi connectivity index (χ1v) is 18.9. The zero-order chi connectivity index (χ0) is 31.9. The van der Waals surface area contributed by atoms with E-state index in [0.717, 1.165) is 0 Å². The van der Waals surface area contributed by atoms with Crippen LogP contribution < -0.4 is 9.62 Å². The summed E-state index contributed by atoms with van der Waals surface area (Å²) < 4.78 is 34.2. The monoisotopic (exact) mass is 616 g/mol. The molecule has 42 heavy (non-hydrogen) atoms. The number of allylic oxidation sites excluding steroid dienone is 1. The number of amides is 1. The summed E-state index contributed by atoms with van der Waals surface area (Å²) in [5.74, 6) is -1.36. The van der Waals surface area contributed by atoms with Crippen molar-refractivity contribution in [2.75, 3.05) is 11.4 Å². The Morgan fingerprint density at radius 1 is 1.07 bits per heavy atom. The van der Waals surface area contributed by atoms with E-state index in [1.54, 1.807) is 61.5 Å². The zero-order valence-electron chi connectivity index (χ0n) is 26.5. The van der Waals surface area contributed by atoms with Crippen molar-refractivity contribution >= 4 is 35.9 Å². The molecule has 0 radical (unpaired) electrons. The van der Waals surface area contributed by atoms with Crippen molar-refractivity contribution in [2.45, 2.75) is 90.4 Å². The molecule has 0 saturated heterocycles. The Labute approximate surface area is 253 Å². The second-order valence-electron chi connectivity index (χ2n) is 12.7. The van der Waals surface area contributed by atoms with Crippen LogP contribution in [-0.2, 0) is 25.0 Å². The van der Waals surface area contributed by atoms with Crippen LogP contribution in [0.25, 0.3) is 0 Å². The molecule has 2 N–H and O–H groups in total. The molecule has 0 bridgehead atoms. The molecule has 0 unspecified atom stereocenters. The first-order chi connectivity index (χ1) is 19.4. The van der Waals surface area contributed by atoms with Gasteiger partial charge in [0.2, 0.25) is 10.0 Å². The molecule has 0 fully saturated rings.